The van der Waals surface area contributed by atoms with Crippen molar-refractivity contribution in [3.63, 3.8) is 0 Å². The highest BCUT2D eigenvalue weighted by Crippen LogP contribution is 2.30. The standard InChI is InChI=1S/C35H48N2O4/c1-5-10-28(11-6-2)34(39)29-14-9-15-30(22-29)35(40)37-32(21-26-16-18-31(41-4)19-17-26)33(38)24-36-23-27-13-8-12-25(7-3)20-27/h8-9,12-20,22,28,32-34,36,38-39H,5-7,10-11,21,23-24H2,1-4H3,(H,37,40)/t32-,33+,34?/m0/s1. The number of hydrogen-bond acceptors (Lipinski definition) is 5. The van der Waals surface area contributed by atoms with Crippen molar-refractivity contribution in [3.05, 3.63) is 101 Å². The predicted molar refractivity (Wildman–Crippen MR) is 166 cm³/mol. The number of hydrogen-bond donors (Lipinski definition) is 4. The minimum atomic E-state index is -0.817. The Bertz CT molecular complexity index is 1190. The molecule has 0 fully saturated rings. The second-order valence-corrected chi connectivity index (χ2v) is 10.9. The number of carbonyl (C=O) groups is 1. The van der Waals surface area contributed by atoms with Gasteiger partial charge in [-0.3, -0.25) is 4.79 Å². The third kappa shape index (κ3) is 9.99. The van der Waals surface area contributed by atoms with Gasteiger partial charge in [0.15, 0.2) is 0 Å². The topological polar surface area (TPSA) is 90.8 Å². The number of amides is 1. The summed E-state index contributed by atoms with van der Waals surface area (Å²) in [5.74, 6) is 0.650. The van der Waals surface area contributed by atoms with Crippen LogP contribution in [0.15, 0.2) is 72.8 Å². The van der Waals surface area contributed by atoms with Crippen LogP contribution < -0.4 is 15.4 Å². The van der Waals surface area contributed by atoms with Gasteiger partial charge in [-0.15, -0.1) is 0 Å². The van der Waals surface area contributed by atoms with Crippen LogP contribution in [0.1, 0.15) is 85.2 Å². The lowest BCUT2D eigenvalue weighted by Gasteiger charge is -2.26. The van der Waals surface area contributed by atoms with Crippen molar-refractivity contribution in [2.45, 2.75) is 84.1 Å². The van der Waals surface area contributed by atoms with Crippen LogP contribution in [0, 0.1) is 5.92 Å². The zero-order valence-electron chi connectivity index (χ0n) is 25.1. The maximum atomic E-state index is 13.5. The number of carbonyl (C=O) groups excluding carboxylic acids is 1. The van der Waals surface area contributed by atoms with Gasteiger partial charge in [-0.25, -0.2) is 0 Å². The van der Waals surface area contributed by atoms with Crippen molar-refractivity contribution >= 4 is 5.91 Å². The molecule has 41 heavy (non-hydrogen) atoms. The second kappa shape index (κ2) is 16.9. The van der Waals surface area contributed by atoms with Crippen LogP contribution >= 0.6 is 0 Å². The van der Waals surface area contributed by atoms with E-state index in [0.717, 1.165) is 54.5 Å². The molecule has 1 unspecified atom stereocenters. The number of ether oxygens (including phenoxy) is 1. The minimum Gasteiger partial charge on any atom is -0.497 e. The van der Waals surface area contributed by atoms with E-state index in [-0.39, 0.29) is 11.8 Å². The van der Waals surface area contributed by atoms with Gasteiger partial charge >= 0.3 is 0 Å². The first-order chi connectivity index (χ1) is 19.9. The van der Waals surface area contributed by atoms with Gasteiger partial charge < -0.3 is 25.6 Å². The molecule has 222 valence electrons. The van der Waals surface area contributed by atoms with E-state index in [4.69, 9.17) is 4.74 Å². The third-order valence-electron chi connectivity index (χ3n) is 7.73. The number of aryl methyl sites for hydroxylation is 1. The Labute approximate surface area is 246 Å². The van der Waals surface area contributed by atoms with Crippen molar-refractivity contribution in [1.82, 2.24) is 10.6 Å². The summed E-state index contributed by atoms with van der Waals surface area (Å²) in [5.41, 5.74) is 4.65. The molecular formula is C35H48N2O4. The summed E-state index contributed by atoms with van der Waals surface area (Å²) < 4.78 is 5.28. The number of methoxy groups -OCH3 is 1. The van der Waals surface area contributed by atoms with Crippen LogP contribution in [-0.4, -0.2) is 41.9 Å². The first-order valence-electron chi connectivity index (χ1n) is 15.1. The molecule has 3 aromatic carbocycles. The summed E-state index contributed by atoms with van der Waals surface area (Å²) in [7, 11) is 1.63. The van der Waals surface area contributed by atoms with Crippen molar-refractivity contribution < 1.29 is 19.7 Å². The lowest BCUT2D eigenvalue weighted by molar-refractivity contribution is 0.0827. The zero-order valence-corrected chi connectivity index (χ0v) is 25.1. The van der Waals surface area contributed by atoms with Crippen LogP contribution in [0.4, 0.5) is 0 Å². The minimum absolute atomic E-state index is 0.164. The molecule has 3 atom stereocenters. The number of aliphatic hydroxyl groups excluding tert-OH is 2. The van der Waals surface area contributed by atoms with Crippen molar-refractivity contribution in [2.75, 3.05) is 13.7 Å². The Kier molecular flexibility index (Phi) is 13.3. The summed E-state index contributed by atoms with van der Waals surface area (Å²) >= 11 is 0. The fourth-order valence-electron chi connectivity index (χ4n) is 5.35. The molecule has 3 aromatic rings. The lowest BCUT2D eigenvalue weighted by atomic mass is 9.88. The fraction of sp³-hybridized carbons (Fsp3) is 0.457. The molecule has 6 heteroatoms. The Morgan fingerprint density at radius 2 is 1.54 bits per heavy atom. The maximum Gasteiger partial charge on any atom is 0.251 e. The summed E-state index contributed by atoms with van der Waals surface area (Å²) in [6.07, 6.45) is 3.90. The summed E-state index contributed by atoms with van der Waals surface area (Å²) in [5, 5.41) is 28.8. The van der Waals surface area contributed by atoms with Gasteiger partial charge in [0.05, 0.1) is 25.4 Å². The van der Waals surface area contributed by atoms with Gasteiger partial charge in [0.25, 0.3) is 5.91 Å². The molecule has 0 spiro atoms. The maximum absolute atomic E-state index is 13.5. The normalized spacial score (nSPS) is 13.5. The Balaban J connectivity index is 1.73. The van der Waals surface area contributed by atoms with Crippen LogP contribution in [0.5, 0.6) is 5.75 Å². The molecule has 0 saturated heterocycles. The van der Waals surface area contributed by atoms with Crippen LogP contribution in [0.3, 0.4) is 0 Å². The van der Waals surface area contributed by atoms with Crippen molar-refractivity contribution in [1.29, 1.82) is 0 Å². The number of nitrogens with one attached hydrogen (secondary N) is 2. The molecule has 0 aliphatic rings. The SMILES string of the molecule is CCCC(CCC)C(O)c1cccc(C(=O)N[C@@H](Cc2ccc(OC)cc2)[C@H](O)CNCc2cccc(CC)c2)c1. The van der Waals surface area contributed by atoms with Crippen molar-refractivity contribution in [2.24, 2.45) is 5.92 Å². The van der Waals surface area contributed by atoms with E-state index in [2.05, 4.69) is 55.7 Å². The monoisotopic (exact) mass is 560 g/mol. The van der Waals surface area contributed by atoms with E-state index < -0.39 is 18.2 Å². The molecule has 4 N–H and O–H groups in total. The van der Waals surface area contributed by atoms with Crippen molar-refractivity contribution in [3.8, 4) is 5.75 Å². The van der Waals surface area contributed by atoms with Crippen LogP contribution in [-0.2, 0) is 19.4 Å². The second-order valence-electron chi connectivity index (χ2n) is 10.9. The average molecular weight is 561 g/mol. The summed E-state index contributed by atoms with van der Waals surface area (Å²) in [4.78, 5) is 13.5. The van der Waals surface area contributed by atoms with E-state index >= 15 is 0 Å². The lowest BCUT2D eigenvalue weighted by Crippen LogP contribution is -2.48. The largest absolute Gasteiger partial charge is 0.497 e. The molecule has 3 rings (SSSR count). The predicted octanol–water partition coefficient (Wildman–Crippen LogP) is 6.00. The molecule has 0 radical (unpaired) electrons. The summed E-state index contributed by atoms with van der Waals surface area (Å²) in [6.45, 7) is 7.35. The quantitative estimate of drug-likeness (QED) is 0.163. The van der Waals surface area contributed by atoms with Gasteiger partial charge in [-0.2, -0.15) is 0 Å². The van der Waals surface area contributed by atoms with Gasteiger partial charge in [-0.05, 0) is 78.1 Å². The Hall–Kier alpha value is -3.19. The van der Waals surface area contributed by atoms with Crippen LogP contribution in [0.25, 0.3) is 0 Å². The van der Waals surface area contributed by atoms with Gasteiger partial charge in [-0.1, -0.05) is 82.1 Å². The van der Waals surface area contributed by atoms with Gasteiger partial charge in [0.2, 0.25) is 0 Å². The molecule has 0 saturated carbocycles. The first kappa shape index (κ1) is 32.3. The third-order valence-corrected chi connectivity index (χ3v) is 7.73. The van der Waals surface area contributed by atoms with E-state index in [9.17, 15) is 15.0 Å². The smallest absolute Gasteiger partial charge is 0.251 e. The molecule has 0 bridgehead atoms. The highest BCUT2D eigenvalue weighted by atomic mass is 16.5. The first-order valence-corrected chi connectivity index (χ1v) is 15.1. The molecule has 1 amide bonds. The molecule has 0 aliphatic heterocycles. The Morgan fingerprint density at radius 3 is 2.20 bits per heavy atom. The summed E-state index contributed by atoms with van der Waals surface area (Å²) in [6, 6.07) is 22.8. The molecule has 6 nitrogen and oxygen atoms in total. The fourth-order valence-corrected chi connectivity index (χ4v) is 5.35. The molecular weight excluding hydrogens is 512 g/mol. The van der Waals surface area contributed by atoms with E-state index in [0.29, 0.717) is 25.1 Å². The van der Waals surface area contributed by atoms with E-state index in [1.165, 1.54) is 5.56 Å². The average Bonchev–Trinajstić information content (AvgIpc) is 3.00. The molecule has 0 aromatic heterocycles. The van der Waals surface area contributed by atoms with E-state index in [1.54, 1.807) is 19.2 Å². The molecule has 0 aliphatic carbocycles. The van der Waals surface area contributed by atoms with Gasteiger partial charge in [0, 0.05) is 18.7 Å². The van der Waals surface area contributed by atoms with Gasteiger partial charge in [0.1, 0.15) is 5.75 Å². The number of rotatable bonds is 17. The highest BCUT2D eigenvalue weighted by Gasteiger charge is 2.24. The zero-order chi connectivity index (χ0) is 29.6. The van der Waals surface area contributed by atoms with E-state index in [1.807, 2.05) is 36.4 Å². The number of aliphatic hydroxyl groups is 2. The molecule has 0 heterocycles. The Morgan fingerprint density at radius 1 is 0.854 bits per heavy atom. The highest BCUT2D eigenvalue weighted by molar-refractivity contribution is 5.94. The van der Waals surface area contributed by atoms with Crippen LogP contribution in [0.2, 0.25) is 0 Å². The number of benzene rings is 3.